The third-order valence-electron chi connectivity index (χ3n) is 2.70. The Morgan fingerprint density at radius 2 is 2.00 bits per heavy atom. The Morgan fingerprint density at radius 1 is 1.33 bits per heavy atom. The summed E-state index contributed by atoms with van der Waals surface area (Å²) < 4.78 is 0. The number of carbonyl (C=O) groups is 1. The Kier molecular flexibility index (Phi) is 2.81. The van der Waals surface area contributed by atoms with E-state index in [9.17, 15) is 4.79 Å². The predicted octanol–water partition coefficient (Wildman–Crippen LogP) is 2.79. The molecule has 0 aliphatic heterocycles. The molecule has 4 N–H and O–H groups in total. The van der Waals surface area contributed by atoms with E-state index in [0.29, 0.717) is 11.4 Å². The molecule has 0 spiro atoms. The van der Waals surface area contributed by atoms with E-state index in [4.69, 9.17) is 5.73 Å². The van der Waals surface area contributed by atoms with E-state index in [0.717, 1.165) is 16.5 Å². The molecule has 0 aliphatic carbocycles. The number of nitrogens with two attached hydrogens (primary N) is 1. The Morgan fingerprint density at radius 3 is 2.56 bits per heavy atom. The number of hydrogen-bond donors (Lipinski definition) is 3. The fraction of sp³-hybridized carbons (Fsp3) is 0.357. The number of primary amides is 1. The SMILES string of the molecule is Cc1ccc2c(C(N)=O)c(NC(C)(C)C)[nH]c2c1. The van der Waals surface area contributed by atoms with E-state index >= 15 is 0 Å². The maximum Gasteiger partial charge on any atom is 0.253 e. The summed E-state index contributed by atoms with van der Waals surface area (Å²) >= 11 is 0. The lowest BCUT2D eigenvalue weighted by Crippen LogP contribution is -2.28. The minimum atomic E-state index is -0.420. The molecule has 0 aliphatic rings. The van der Waals surface area contributed by atoms with Gasteiger partial charge in [-0.25, -0.2) is 0 Å². The number of aryl methyl sites for hydroxylation is 1. The second-order valence-corrected chi connectivity index (χ2v) is 5.66. The first kappa shape index (κ1) is 12.5. The Balaban J connectivity index is 2.65. The molecule has 0 unspecified atom stereocenters. The monoisotopic (exact) mass is 245 g/mol. The van der Waals surface area contributed by atoms with Gasteiger partial charge in [-0.3, -0.25) is 4.79 Å². The van der Waals surface area contributed by atoms with Crippen molar-refractivity contribution in [2.24, 2.45) is 5.73 Å². The van der Waals surface area contributed by atoms with Crippen LogP contribution in [-0.2, 0) is 0 Å². The molecule has 0 saturated carbocycles. The minimum absolute atomic E-state index is 0.139. The first-order chi connectivity index (χ1) is 8.28. The van der Waals surface area contributed by atoms with Crippen LogP contribution in [0.3, 0.4) is 0 Å². The summed E-state index contributed by atoms with van der Waals surface area (Å²) in [7, 11) is 0. The maximum atomic E-state index is 11.6. The molecule has 0 fully saturated rings. The van der Waals surface area contributed by atoms with Crippen LogP contribution in [0, 0.1) is 6.92 Å². The van der Waals surface area contributed by atoms with Gasteiger partial charge in [0.1, 0.15) is 5.82 Å². The summed E-state index contributed by atoms with van der Waals surface area (Å²) in [6.45, 7) is 8.12. The molecule has 1 aromatic carbocycles. The number of amides is 1. The highest BCUT2D eigenvalue weighted by atomic mass is 16.1. The number of aromatic amines is 1. The minimum Gasteiger partial charge on any atom is -0.366 e. The highest BCUT2D eigenvalue weighted by Gasteiger charge is 2.19. The van der Waals surface area contributed by atoms with Crippen molar-refractivity contribution in [2.75, 3.05) is 5.32 Å². The van der Waals surface area contributed by atoms with Crippen molar-refractivity contribution < 1.29 is 4.79 Å². The van der Waals surface area contributed by atoms with E-state index in [1.54, 1.807) is 0 Å². The van der Waals surface area contributed by atoms with E-state index in [1.807, 2.05) is 45.9 Å². The molecule has 96 valence electrons. The third-order valence-corrected chi connectivity index (χ3v) is 2.70. The number of hydrogen-bond acceptors (Lipinski definition) is 2. The Labute approximate surface area is 107 Å². The molecule has 0 bridgehead atoms. The largest absolute Gasteiger partial charge is 0.366 e. The molecule has 0 radical (unpaired) electrons. The van der Waals surface area contributed by atoms with Crippen molar-refractivity contribution in [3.05, 3.63) is 29.3 Å². The van der Waals surface area contributed by atoms with Crippen LogP contribution < -0.4 is 11.1 Å². The highest BCUT2D eigenvalue weighted by molar-refractivity contribution is 6.11. The van der Waals surface area contributed by atoms with Crippen molar-refractivity contribution in [3.8, 4) is 0 Å². The molecule has 18 heavy (non-hydrogen) atoms. The molecule has 1 amide bonds. The average Bonchev–Trinajstić information content (AvgIpc) is 2.51. The summed E-state index contributed by atoms with van der Waals surface area (Å²) in [5.41, 5.74) is 7.94. The van der Waals surface area contributed by atoms with Crippen LogP contribution in [0.4, 0.5) is 5.82 Å². The molecule has 4 nitrogen and oxygen atoms in total. The lowest BCUT2D eigenvalue weighted by molar-refractivity contribution is 0.100. The smallest absolute Gasteiger partial charge is 0.253 e. The van der Waals surface area contributed by atoms with Crippen molar-refractivity contribution in [2.45, 2.75) is 33.2 Å². The topological polar surface area (TPSA) is 70.9 Å². The van der Waals surface area contributed by atoms with Crippen molar-refractivity contribution in [1.82, 2.24) is 4.98 Å². The fourth-order valence-corrected chi connectivity index (χ4v) is 2.04. The van der Waals surface area contributed by atoms with Gasteiger partial charge in [-0.05, 0) is 39.3 Å². The molecule has 0 saturated heterocycles. The van der Waals surface area contributed by atoms with Gasteiger partial charge in [0.25, 0.3) is 5.91 Å². The maximum absolute atomic E-state index is 11.6. The zero-order valence-corrected chi connectivity index (χ0v) is 11.2. The van der Waals surface area contributed by atoms with Gasteiger partial charge in [0, 0.05) is 16.4 Å². The van der Waals surface area contributed by atoms with Crippen molar-refractivity contribution in [1.29, 1.82) is 0 Å². The molecule has 0 atom stereocenters. The average molecular weight is 245 g/mol. The quantitative estimate of drug-likeness (QED) is 0.761. The summed E-state index contributed by atoms with van der Waals surface area (Å²) in [6, 6.07) is 5.91. The Hall–Kier alpha value is -1.97. The number of benzene rings is 1. The molecule has 2 rings (SSSR count). The van der Waals surface area contributed by atoms with E-state index < -0.39 is 5.91 Å². The van der Waals surface area contributed by atoms with Crippen LogP contribution in [0.5, 0.6) is 0 Å². The standard InChI is InChI=1S/C14H19N3O/c1-8-5-6-9-10(7-8)16-13(11(9)12(15)18)17-14(2,3)4/h5-7,16-17H,1-4H3,(H2,15,18). The van der Waals surface area contributed by atoms with Crippen LogP contribution in [0.15, 0.2) is 18.2 Å². The number of carbonyl (C=O) groups excluding carboxylic acids is 1. The number of anilines is 1. The van der Waals surface area contributed by atoms with Crippen LogP contribution in [0.25, 0.3) is 10.9 Å². The lowest BCUT2D eigenvalue weighted by atomic mass is 10.1. The number of nitrogens with one attached hydrogen (secondary N) is 2. The summed E-state index contributed by atoms with van der Waals surface area (Å²) in [5.74, 6) is 0.271. The van der Waals surface area contributed by atoms with Gasteiger partial charge in [0.15, 0.2) is 0 Å². The number of rotatable bonds is 2. The fourth-order valence-electron chi connectivity index (χ4n) is 2.04. The molecular formula is C14H19N3O. The van der Waals surface area contributed by atoms with Gasteiger partial charge in [-0.1, -0.05) is 12.1 Å². The third kappa shape index (κ3) is 2.32. The molecule has 2 aromatic rings. The molecule has 1 heterocycles. The second kappa shape index (κ2) is 4.05. The number of fused-ring (bicyclic) bond motifs is 1. The van der Waals surface area contributed by atoms with Gasteiger partial charge < -0.3 is 16.0 Å². The van der Waals surface area contributed by atoms with Crippen molar-refractivity contribution in [3.63, 3.8) is 0 Å². The van der Waals surface area contributed by atoms with Gasteiger partial charge in [0.05, 0.1) is 5.56 Å². The van der Waals surface area contributed by atoms with Crippen LogP contribution >= 0.6 is 0 Å². The van der Waals surface area contributed by atoms with Crippen LogP contribution in [0.2, 0.25) is 0 Å². The lowest BCUT2D eigenvalue weighted by Gasteiger charge is -2.21. The number of H-pyrrole nitrogens is 1. The zero-order chi connectivity index (χ0) is 13.5. The van der Waals surface area contributed by atoms with Gasteiger partial charge in [-0.2, -0.15) is 0 Å². The highest BCUT2D eigenvalue weighted by Crippen LogP contribution is 2.28. The van der Waals surface area contributed by atoms with Crippen LogP contribution in [0.1, 0.15) is 36.7 Å². The number of aromatic nitrogens is 1. The molecule has 1 aromatic heterocycles. The van der Waals surface area contributed by atoms with Gasteiger partial charge in [-0.15, -0.1) is 0 Å². The predicted molar refractivity (Wildman–Crippen MR) is 74.9 cm³/mol. The normalized spacial score (nSPS) is 11.8. The van der Waals surface area contributed by atoms with Gasteiger partial charge >= 0.3 is 0 Å². The first-order valence-corrected chi connectivity index (χ1v) is 5.98. The molecule has 4 heteroatoms. The van der Waals surface area contributed by atoms with Gasteiger partial charge in [0.2, 0.25) is 0 Å². The first-order valence-electron chi connectivity index (χ1n) is 5.98. The molecular weight excluding hydrogens is 226 g/mol. The Bertz CT molecular complexity index is 605. The van der Waals surface area contributed by atoms with E-state index in [-0.39, 0.29) is 5.54 Å². The zero-order valence-electron chi connectivity index (χ0n) is 11.2. The summed E-state index contributed by atoms with van der Waals surface area (Å²) in [5, 5.41) is 4.14. The van der Waals surface area contributed by atoms with E-state index in [2.05, 4.69) is 10.3 Å². The summed E-state index contributed by atoms with van der Waals surface area (Å²) in [4.78, 5) is 14.9. The van der Waals surface area contributed by atoms with Crippen molar-refractivity contribution >= 4 is 22.6 Å². The van der Waals surface area contributed by atoms with E-state index in [1.165, 1.54) is 0 Å². The van der Waals surface area contributed by atoms with Crippen LogP contribution in [-0.4, -0.2) is 16.4 Å². The second-order valence-electron chi connectivity index (χ2n) is 5.66. The summed E-state index contributed by atoms with van der Waals surface area (Å²) in [6.07, 6.45) is 0.